The zero-order chi connectivity index (χ0) is 23.7. The van der Waals surface area contributed by atoms with Crippen LogP contribution in [0.15, 0.2) is 60.7 Å². The fourth-order valence-corrected chi connectivity index (χ4v) is 5.84. The summed E-state index contributed by atoms with van der Waals surface area (Å²) < 4.78 is 0. The molecule has 0 aliphatic heterocycles. The molecule has 3 aliphatic carbocycles. The number of hydrogen-bond acceptors (Lipinski definition) is 3. The van der Waals surface area contributed by atoms with Crippen LogP contribution in [-0.2, 0) is 6.42 Å². The summed E-state index contributed by atoms with van der Waals surface area (Å²) in [5, 5.41) is 8.42. The number of carbonyl (C=O) groups excluding carboxylic acids is 1. The van der Waals surface area contributed by atoms with Crippen molar-refractivity contribution in [2.24, 2.45) is 23.5 Å². The zero-order valence-corrected chi connectivity index (χ0v) is 20.3. The van der Waals surface area contributed by atoms with Crippen molar-refractivity contribution in [1.29, 1.82) is 5.41 Å². The molecule has 3 saturated carbocycles. The van der Waals surface area contributed by atoms with Crippen LogP contribution in [0.3, 0.4) is 0 Å². The van der Waals surface area contributed by atoms with Gasteiger partial charge in [-0.05, 0) is 79.9 Å². The van der Waals surface area contributed by atoms with Gasteiger partial charge in [0, 0.05) is 17.2 Å². The summed E-state index contributed by atoms with van der Waals surface area (Å²) in [5.41, 5.74) is 12.5. The molecule has 3 fully saturated rings. The Labute approximate surface area is 204 Å². The number of nitrogens with one attached hydrogen (secondary N) is 1. The number of hydrogen-bond donors (Lipinski definition) is 2. The maximum Gasteiger partial charge on any atom is 0.165 e. The first-order valence-electron chi connectivity index (χ1n) is 13.2. The summed E-state index contributed by atoms with van der Waals surface area (Å²) in [6, 6.07) is 16.9. The first-order chi connectivity index (χ1) is 16.4. The van der Waals surface area contributed by atoms with Crippen LogP contribution in [0, 0.1) is 23.2 Å². The van der Waals surface area contributed by atoms with Crippen LogP contribution >= 0.6 is 0 Å². The van der Waals surface area contributed by atoms with Crippen molar-refractivity contribution in [3.8, 4) is 11.1 Å². The van der Waals surface area contributed by atoms with E-state index >= 15 is 0 Å². The van der Waals surface area contributed by atoms with Crippen LogP contribution in [0.25, 0.3) is 11.1 Å². The number of allylic oxidation sites excluding steroid dienone is 1. The SMILES string of the molecule is C=C(Cc1cccc(-c2ccc(C(=O)C3CCC(C(=N)C4(N)CC4)CC3)cc2)c1)CC1CCC1. The zero-order valence-electron chi connectivity index (χ0n) is 20.3. The Morgan fingerprint density at radius 2 is 1.62 bits per heavy atom. The molecule has 0 heterocycles. The fourth-order valence-electron chi connectivity index (χ4n) is 5.84. The quantitative estimate of drug-likeness (QED) is 0.240. The van der Waals surface area contributed by atoms with Crippen LogP contribution in [-0.4, -0.2) is 17.0 Å². The van der Waals surface area contributed by atoms with Gasteiger partial charge in [0.2, 0.25) is 0 Å². The third-order valence-electron chi connectivity index (χ3n) is 8.52. The van der Waals surface area contributed by atoms with Gasteiger partial charge < -0.3 is 11.1 Å². The third-order valence-corrected chi connectivity index (χ3v) is 8.52. The molecule has 0 radical (unpaired) electrons. The second-order valence-electron chi connectivity index (χ2n) is 11.2. The molecule has 0 amide bonds. The Morgan fingerprint density at radius 1 is 0.941 bits per heavy atom. The van der Waals surface area contributed by atoms with E-state index in [1.54, 1.807) is 0 Å². The third kappa shape index (κ3) is 5.10. The van der Waals surface area contributed by atoms with E-state index in [9.17, 15) is 4.79 Å². The molecule has 0 unspecified atom stereocenters. The summed E-state index contributed by atoms with van der Waals surface area (Å²) in [7, 11) is 0. The van der Waals surface area contributed by atoms with Gasteiger partial charge in [0.15, 0.2) is 5.78 Å². The van der Waals surface area contributed by atoms with Gasteiger partial charge in [0.1, 0.15) is 0 Å². The molecule has 0 bridgehead atoms. The normalized spacial score (nSPS) is 23.7. The molecule has 178 valence electrons. The lowest BCUT2D eigenvalue weighted by atomic mass is 9.75. The molecule has 2 aromatic carbocycles. The molecule has 0 atom stereocenters. The van der Waals surface area contributed by atoms with Gasteiger partial charge >= 0.3 is 0 Å². The van der Waals surface area contributed by atoms with Crippen LogP contribution in [0.4, 0.5) is 0 Å². The molecule has 3 heteroatoms. The number of Topliss-reactive ketones (excluding diaryl/α,β-unsaturated/α-hetero) is 1. The smallest absolute Gasteiger partial charge is 0.165 e. The lowest BCUT2D eigenvalue weighted by Crippen LogP contribution is -2.39. The Bertz CT molecular complexity index is 1070. The summed E-state index contributed by atoms with van der Waals surface area (Å²) >= 11 is 0. The van der Waals surface area contributed by atoms with E-state index in [1.807, 2.05) is 12.1 Å². The van der Waals surface area contributed by atoms with Crippen molar-refractivity contribution in [1.82, 2.24) is 0 Å². The standard InChI is InChI=1S/C31H38N2O/c1-21(18-22-4-2-5-22)19-23-6-3-7-28(20-23)24-8-10-25(11-9-24)29(34)26-12-14-27(15-13-26)30(32)31(33)16-17-31/h3,6-11,20,22,26-27,32H,1-2,4-5,12-19,33H2. The van der Waals surface area contributed by atoms with Crippen LogP contribution in [0.2, 0.25) is 0 Å². The monoisotopic (exact) mass is 454 g/mol. The van der Waals surface area contributed by atoms with Gasteiger partial charge in [-0.1, -0.05) is 79.9 Å². The maximum atomic E-state index is 13.1. The number of rotatable bonds is 9. The predicted molar refractivity (Wildman–Crippen MR) is 140 cm³/mol. The lowest BCUT2D eigenvalue weighted by Gasteiger charge is -2.30. The number of ketones is 1. The van der Waals surface area contributed by atoms with Crippen LogP contribution < -0.4 is 5.73 Å². The molecule has 0 aromatic heterocycles. The van der Waals surface area contributed by atoms with E-state index in [4.69, 9.17) is 11.1 Å². The van der Waals surface area contributed by atoms with Gasteiger partial charge in [0.25, 0.3) is 0 Å². The molecular formula is C31H38N2O. The number of nitrogens with two attached hydrogens (primary N) is 1. The molecule has 34 heavy (non-hydrogen) atoms. The van der Waals surface area contributed by atoms with Crippen molar-refractivity contribution < 1.29 is 4.79 Å². The highest BCUT2D eigenvalue weighted by molar-refractivity contribution is 5.99. The Morgan fingerprint density at radius 3 is 2.24 bits per heavy atom. The van der Waals surface area contributed by atoms with Crippen molar-refractivity contribution in [2.75, 3.05) is 0 Å². The summed E-state index contributed by atoms with van der Waals surface area (Å²) in [5.74, 6) is 1.47. The minimum atomic E-state index is -0.321. The topological polar surface area (TPSA) is 66.9 Å². The van der Waals surface area contributed by atoms with E-state index in [2.05, 4.69) is 43.0 Å². The highest BCUT2D eigenvalue weighted by Crippen LogP contribution is 2.41. The lowest BCUT2D eigenvalue weighted by molar-refractivity contribution is 0.0882. The Balaban J connectivity index is 1.18. The minimum Gasteiger partial charge on any atom is -0.320 e. The van der Waals surface area contributed by atoms with E-state index in [-0.39, 0.29) is 23.2 Å². The average molecular weight is 455 g/mol. The average Bonchev–Trinajstić information content (AvgIpc) is 3.59. The molecule has 5 rings (SSSR count). The highest BCUT2D eigenvalue weighted by Gasteiger charge is 2.46. The van der Waals surface area contributed by atoms with Crippen molar-refractivity contribution in [3.05, 3.63) is 71.8 Å². The molecular weight excluding hydrogens is 416 g/mol. The minimum absolute atomic E-state index is 0.0767. The molecule has 0 saturated heterocycles. The Hall–Kier alpha value is -2.52. The van der Waals surface area contributed by atoms with Crippen LogP contribution in [0.1, 0.15) is 80.1 Å². The largest absolute Gasteiger partial charge is 0.320 e. The second-order valence-corrected chi connectivity index (χ2v) is 11.2. The summed E-state index contributed by atoms with van der Waals surface area (Å²) in [4.78, 5) is 13.1. The fraction of sp³-hybridized carbons (Fsp3) is 0.484. The Kier molecular flexibility index (Phi) is 6.57. The highest BCUT2D eigenvalue weighted by atomic mass is 16.1. The van der Waals surface area contributed by atoms with Crippen LogP contribution in [0.5, 0.6) is 0 Å². The summed E-state index contributed by atoms with van der Waals surface area (Å²) in [6.45, 7) is 4.32. The summed E-state index contributed by atoms with van der Waals surface area (Å²) in [6.07, 6.45) is 11.7. The molecule has 3 nitrogen and oxygen atoms in total. The predicted octanol–water partition coefficient (Wildman–Crippen LogP) is 7.14. The van der Waals surface area contributed by atoms with Gasteiger partial charge in [-0.15, -0.1) is 0 Å². The van der Waals surface area contributed by atoms with E-state index in [0.29, 0.717) is 0 Å². The van der Waals surface area contributed by atoms with Gasteiger partial charge in [-0.2, -0.15) is 0 Å². The van der Waals surface area contributed by atoms with Crippen molar-refractivity contribution in [3.63, 3.8) is 0 Å². The number of benzene rings is 2. The first kappa shape index (κ1) is 23.2. The molecule has 0 spiro atoms. The van der Waals surface area contributed by atoms with Crippen molar-refractivity contribution >= 4 is 11.5 Å². The van der Waals surface area contributed by atoms with Gasteiger partial charge in [-0.25, -0.2) is 0 Å². The molecule has 3 N–H and O–H groups in total. The van der Waals surface area contributed by atoms with E-state index in [1.165, 1.54) is 36.0 Å². The number of carbonyl (C=O) groups is 1. The second kappa shape index (κ2) is 9.62. The first-order valence-corrected chi connectivity index (χ1v) is 13.2. The van der Waals surface area contributed by atoms with Gasteiger partial charge in [0.05, 0.1) is 5.54 Å². The molecule has 2 aromatic rings. The maximum absolute atomic E-state index is 13.1. The van der Waals surface area contributed by atoms with E-state index in [0.717, 1.165) is 74.1 Å². The molecule has 3 aliphatic rings. The van der Waals surface area contributed by atoms with Crippen molar-refractivity contribution in [2.45, 2.75) is 76.2 Å². The van der Waals surface area contributed by atoms with Gasteiger partial charge in [-0.3, -0.25) is 4.79 Å². The van der Waals surface area contributed by atoms with E-state index < -0.39 is 0 Å².